The van der Waals surface area contributed by atoms with Crippen LogP contribution in [0.1, 0.15) is 37.8 Å². The lowest BCUT2D eigenvalue weighted by atomic mass is 10.0. The fourth-order valence-corrected chi connectivity index (χ4v) is 1.43. The molecule has 2 N–H and O–H groups in total. The van der Waals surface area contributed by atoms with Crippen LogP contribution in [0.25, 0.3) is 0 Å². The molecule has 0 aliphatic rings. The number of urea groups is 1. The monoisotopic (exact) mass is 220 g/mol. The molecule has 1 rings (SSSR count). The van der Waals surface area contributed by atoms with E-state index in [2.05, 4.69) is 48.7 Å². The molecule has 16 heavy (non-hydrogen) atoms. The van der Waals surface area contributed by atoms with Crippen LogP contribution >= 0.6 is 0 Å². The molecule has 0 aliphatic carbocycles. The van der Waals surface area contributed by atoms with Gasteiger partial charge in [0.25, 0.3) is 0 Å². The van der Waals surface area contributed by atoms with E-state index in [1.807, 2.05) is 6.92 Å². The molecule has 0 aliphatic heterocycles. The molecule has 3 heteroatoms. The molecule has 1 aromatic carbocycles. The number of benzene rings is 1. The van der Waals surface area contributed by atoms with Gasteiger partial charge in [-0.05, 0) is 24.0 Å². The van der Waals surface area contributed by atoms with Gasteiger partial charge in [0.15, 0.2) is 0 Å². The largest absolute Gasteiger partial charge is 0.338 e. The SMILES string of the molecule is CCNC(=O)NCc1ccc(C(C)C)cc1. The Morgan fingerprint density at radius 2 is 1.81 bits per heavy atom. The number of carbonyl (C=O) groups excluding carboxylic acids is 1. The van der Waals surface area contributed by atoms with Crippen LogP contribution in [0.4, 0.5) is 4.79 Å². The van der Waals surface area contributed by atoms with Crippen molar-refractivity contribution in [2.45, 2.75) is 33.2 Å². The third kappa shape index (κ3) is 3.93. The molecule has 1 aromatic rings. The number of rotatable bonds is 4. The van der Waals surface area contributed by atoms with E-state index in [1.54, 1.807) is 0 Å². The van der Waals surface area contributed by atoms with Crippen LogP contribution in [0.2, 0.25) is 0 Å². The molecule has 0 unspecified atom stereocenters. The van der Waals surface area contributed by atoms with Crippen molar-refractivity contribution in [3.63, 3.8) is 0 Å². The van der Waals surface area contributed by atoms with Gasteiger partial charge in [0.1, 0.15) is 0 Å². The Labute approximate surface area is 97.2 Å². The van der Waals surface area contributed by atoms with Gasteiger partial charge >= 0.3 is 6.03 Å². The Morgan fingerprint density at radius 1 is 1.19 bits per heavy atom. The Kier molecular flexibility index (Phi) is 4.83. The highest BCUT2D eigenvalue weighted by Crippen LogP contribution is 2.14. The van der Waals surface area contributed by atoms with Crippen molar-refractivity contribution in [1.82, 2.24) is 10.6 Å². The summed E-state index contributed by atoms with van der Waals surface area (Å²) in [6, 6.07) is 8.22. The number of amides is 2. The maximum absolute atomic E-state index is 11.2. The van der Waals surface area contributed by atoms with Crippen molar-refractivity contribution in [3.8, 4) is 0 Å². The molecule has 0 aromatic heterocycles. The molecule has 3 nitrogen and oxygen atoms in total. The van der Waals surface area contributed by atoms with Gasteiger partial charge in [-0.15, -0.1) is 0 Å². The zero-order chi connectivity index (χ0) is 12.0. The zero-order valence-electron chi connectivity index (χ0n) is 10.2. The second-order valence-corrected chi connectivity index (χ2v) is 4.11. The fourth-order valence-electron chi connectivity index (χ4n) is 1.43. The maximum atomic E-state index is 11.2. The molecule has 0 fully saturated rings. The predicted molar refractivity (Wildman–Crippen MR) is 66.4 cm³/mol. The lowest BCUT2D eigenvalue weighted by Gasteiger charge is -2.08. The van der Waals surface area contributed by atoms with Gasteiger partial charge in [-0.3, -0.25) is 0 Å². The summed E-state index contributed by atoms with van der Waals surface area (Å²) in [6.07, 6.45) is 0. The molecule has 0 bridgehead atoms. The topological polar surface area (TPSA) is 41.1 Å². The van der Waals surface area contributed by atoms with E-state index in [0.29, 0.717) is 19.0 Å². The van der Waals surface area contributed by atoms with E-state index in [1.165, 1.54) is 5.56 Å². The molecule has 0 heterocycles. The van der Waals surface area contributed by atoms with Gasteiger partial charge in [0.05, 0.1) is 0 Å². The fraction of sp³-hybridized carbons (Fsp3) is 0.462. The molecule has 0 saturated heterocycles. The second kappa shape index (κ2) is 6.16. The van der Waals surface area contributed by atoms with Gasteiger partial charge in [0, 0.05) is 13.1 Å². The molecular weight excluding hydrogens is 200 g/mol. The minimum atomic E-state index is -0.115. The molecule has 0 radical (unpaired) electrons. The average molecular weight is 220 g/mol. The van der Waals surface area contributed by atoms with Gasteiger partial charge in [-0.2, -0.15) is 0 Å². The Morgan fingerprint density at radius 3 is 2.31 bits per heavy atom. The van der Waals surface area contributed by atoms with Gasteiger partial charge < -0.3 is 10.6 Å². The van der Waals surface area contributed by atoms with Crippen LogP contribution in [0.5, 0.6) is 0 Å². The molecular formula is C13H20N2O. The van der Waals surface area contributed by atoms with Crippen LogP contribution < -0.4 is 10.6 Å². The van der Waals surface area contributed by atoms with E-state index < -0.39 is 0 Å². The molecule has 0 spiro atoms. The van der Waals surface area contributed by atoms with Crippen LogP contribution in [-0.4, -0.2) is 12.6 Å². The second-order valence-electron chi connectivity index (χ2n) is 4.11. The van der Waals surface area contributed by atoms with Crippen molar-refractivity contribution in [2.24, 2.45) is 0 Å². The zero-order valence-corrected chi connectivity index (χ0v) is 10.2. The summed E-state index contributed by atoms with van der Waals surface area (Å²) < 4.78 is 0. The number of hydrogen-bond acceptors (Lipinski definition) is 1. The van der Waals surface area contributed by atoms with Crippen LogP contribution in [0.15, 0.2) is 24.3 Å². The first-order valence-corrected chi connectivity index (χ1v) is 5.74. The normalized spacial score (nSPS) is 10.2. The lowest BCUT2D eigenvalue weighted by Crippen LogP contribution is -2.34. The minimum absolute atomic E-state index is 0.115. The third-order valence-corrected chi connectivity index (χ3v) is 2.44. The van der Waals surface area contributed by atoms with Crippen LogP contribution in [0, 0.1) is 0 Å². The Bertz CT molecular complexity index is 330. The van der Waals surface area contributed by atoms with E-state index in [4.69, 9.17) is 0 Å². The lowest BCUT2D eigenvalue weighted by molar-refractivity contribution is 0.241. The van der Waals surface area contributed by atoms with Gasteiger partial charge in [0.2, 0.25) is 0 Å². The van der Waals surface area contributed by atoms with Crippen molar-refractivity contribution >= 4 is 6.03 Å². The summed E-state index contributed by atoms with van der Waals surface area (Å²) in [5.41, 5.74) is 2.44. The summed E-state index contributed by atoms with van der Waals surface area (Å²) in [4.78, 5) is 11.2. The average Bonchev–Trinajstić information content (AvgIpc) is 2.27. The highest BCUT2D eigenvalue weighted by molar-refractivity contribution is 5.73. The molecule has 88 valence electrons. The highest BCUT2D eigenvalue weighted by Gasteiger charge is 2.00. The quantitative estimate of drug-likeness (QED) is 0.804. The van der Waals surface area contributed by atoms with Crippen molar-refractivity contribution < 1.29 is 4.79 Å². The first-order chi connectivity index (χ1) is 7.63. The summed E-state index contributed by atoms with van der Waals surface area (Å²) in [6.45, 7) is 7.46. The van der Waals surface area contributed by atoms with E-state index in [-0.39, 0.29) is 6.03 Å². The summed E-state index contributed by atoms with van der Waals surface area (Å²) in [7, 11) is 0. The first kappa shape index (κ1) is 12.6. The van der Waals surface area contributed by atoms with Crippen molar-refractivity contribution in [2.75, 3.05) is 6.54 Å². The van der Waals surface area contributed by atoms with E-state index in [0.717, 1.165) is 5.56 Å². The first-order valence-electron chi connectivity index (χ1n) is 5.74. The van der Waals surface area contributed by atoms with E-state index >= 15 is 0 Å². The smallest absolute Gasteiger partial charge is 0.315 e. The number of hydrogen-bond donors (Lipinski definition) is 2. The van der Waals surface area contributed by atoms with Gasteiger partial charge in [-0.1, -0.05) is 38.1 Å². The molecule has 0 saturated carbocycles. The molecule has 0 atom stereocenters. The highest BCUT2D eigenvalue weighted by atomic mass is 16.2. The summed E-state index contributed by atoms with van der Waals surface area (Å²) in [5, 5.41) is 5.49. The Balaban J connectivity index is 2.46. The Hall–Kier alpha value is -1.51. The number of carbonyl (C=O) groups is 1. The van der Waals surface area contributed by atoms with Crippen molar-refractivity contribution in [1.29, 1.82) is 0 Å². The van der Waals surface area contributed by atoms with Crippen LogP contribution in [0.3, 0.4) is 0 Å². The predicted octanol–water partition coefficient (Wildman–Crippen LogP) is 2.63. The van der Waals surface area contributed by atoms with Crippen LogP contribution in [-0.2, 0) is 6.54 Å². The van der Waals surface area contributed by atoms with Gasteiger partial charge in [-0.25, -0.2) is 4.79 Å². The minimum Gasteiger partial charge on any atom is -0.338 e. The number of nitrogens with one attached hydrogen (secondary N) is 2. The summed E-state index contributed by atoms with van der Waals surface area (Å²) in [5.74, 6) is 0.547. The maximum Gasteiger partial charge on any atom is 0.315 e. The standard InChI is InChI=1S/C13H20N2O/c1-4-14-13(16)15-9-11-5-7-12(8-6-11)10(2)3/h5-8,10H,4,9H2,1-3H3,(H2,14,15,16). The summed E-state index contributed by atoms with van der Waals surface area (Å²) >= 11 is 0. The third-order valence-electron chi connectivity index (χ3n) is 2.44. The van der Waals surface area contributed by atoms with E-state index in [9.17, 15) is 4.79 Å². The molecule has 2 amide bonds. The van der Waals surface area contributed by atoms with Crippen molar-refractivity contribution in [3.05, 3.63) is 35.4 Å².